The molecule has 0 bridgehead atoms. The van der Waals surface area contributed by atoms with Crippen molar-refractivity contribution in [1.82, 2.24) is 10.3 Å². The Bertz CT molecular complexity index is 1170. The second kappa shape index (κ2) is 9.67. The molecule has 3 aromatic rings. The van der Waals surface area contributed by atoms with Crippen LogP contribution in [0.3, 0.4) is 0 Å². The number of aromatic nitrogens is 1. The molecule has 4 rings (SSSR count). The molecule has 1 unspecified atom stereocenters. The van der Waals surface area contributed by atoms with E-state index in [1.165, 1.54) is 0 Å². The predicted octanol–water partition coefficient (Wildman–Crippen LogP) is 5.57. The topological polar surface area (TPSA) is 63.6 Å². The second-order valence-electron chi connectivity index (χ2n) is 7.70. The summed E-state index contributed by atoms with van der Waals surface area (Å²) in [7, 11) is 0. The van der Waals surface area contributed by atoms with Crippen LogP contribution in [0.5, 0.6) is 5.75 Å². The Labute approximate surface area is 196 Å². The van der Waals surface area contributed by atoms with Crippen molar-refractivity contribution >= 4 is 34.6 Å². The van der Waals surface area contributed by atoms with Crippen molar-refractivity contribution in [2.45, 2.75) is 20.3 Å². The maximum Gasteiger partial charge on any atom is 0.236 e. The largest absolute Gasteiger partial charge is 0.492 e. The van der Waals surface area contributed by atoms with Gasteiger partial charge < -0.3 is 10.1 Å². The highest BCUT2D eigenvalue weighted by atomic mass is 35.5. The number of rotatable bonds is 8. The summed E-state index contributed by atoms with van der Waals surface area (Å²) in [6.45, 7) is 4.53. The lowest BCUT2D eigenvalue weighted by Crippen LogP contribution is -2.46. The third-order valence-electron chi connectivity index (χ3n) is 5.34. The third-order valence-corrected chi connectivity index (χ3v) is 6.51. The summed E-state index contributed by atoms with van der Waals surface area (Å²) in [6.07, 6.45) is 2.40. The van der Waals surface area contributed by atoms with Crippen molar-refractivity contribution < 1.29 is 9.53 Å². The molecule has 0 saturated carbocycles. The van der Waals surface area contributed by atoms with Crippen LogP contribution in [0.4, 0.5) is 0 Å². The van der Waals surface area contributed by atoms with E-state index in [4.69, 9.17) is 21.3 Å². The van der Waals surface area contributed by atoms with Crippen molar-refractivity contribution in [3.63, 3.8) is 0 Å². The molecular weight excluding hydrogens is 442 g/mol. The van der Waals surface area contributed by atoms with E-state index < -0.39 is 5.41 Å². The van der Waals surface area contributed by atoms with E-state index in [1.807, 2.05) is 67.8 Å². The van der Waals surface area contributed by atoms with E-state index in [0.717, 1.165) is 27.7 Å². The van der Waals surface area contributed by atoms with Gasteiger partial charge in [0.05, 0.1) is 12.2 Å². The lowest BCUT2D eigenvalue weighted by atomic mass is 9.79. The number of hydrogen-bond acceptors (Lipinski definition) is 5. The molecule has 0 spiro atoms. The number of halogens is 1. The fourth-order valence-corrected chi connectivity index (χ4v) is 4.79. The molecule has 32 heavy (non-hydrogen) atoms. The third kappa shape index (κ3) is 4.92. The van der Waals surface area contributed by atoms with Crippen LogP contribution in [0.25, 0.3) is 10.6 Å². The predicted molar refractivity (Wildman–Crippen MR) is 131 cm³/mol. The molecule has 1 atom stereocenters. The molecular formula is C25H24ClN3O2S. The van der Waals surface area contributed by atoms with Crippen LogP contribution in [-0.4, -0.2) is 29.8 Å². The van der Waals surface area contributed by atoms with Gasteiger partial charge in [0.15, 0.2) is 0 Å². The summed E-state index contributed by atoms with van der Waals surface area (Å²) < 4.78 is 5.70. The van der Waals surface area contributed by atoms with Crippen LogP contribution in [-0.2, 0) is 11.2 Å². The fraction of sp³-hybridized carbons (Fsp3) is 0.240. The molecule has 1 N–H and O–H groups in total. The first kappa shape index (κ1) is 22.2. The number of ether oxygens (including phenoxy) is 1. The molecule has 5 nitrogen and oxygen atoms in total. The quantitative estimate of drug-likeness (QED) is 0.442. The number of nitrogens with one attached hydrogen (secondary N) is 1. The molecule has 2 heterocycles. The van der Waals surface area contributed by atoms with Gasteiger partial charge in [-0.1, -0.05) is 48.0 Å². The van der Waals surface area contributed by atoms with Gasteiger partial charge >= 0.3 is 0 Å². The van der Waals surface area contributed by atoms with Crippen molar-refractivity contribution in [2.24, 2.45) is 10.4 Å². The van der Waals surface area contributed by atoms with Crippen molar-refractivity contribution in [3.8, 4) is 16.3 Å². The van der Waals surface area contributed by atoms with Gasteiger partial charge in [-0.25, -0.2) is 4.98 Å². The molecule has 164 valence electrons. The molecule has 1 aliphatic heterocycles. The van der Waals surface area contributed by atoms with Gasteiger partial charge in [-0.2, -0.15) is 0 Å². The number of carbonyl (C=O) groups is 1. The highest BCUT2D eigenvalue weighted by Crippen LogP contribution is 2.35. The van der Waals surface area contributed by atoms with E-state index in [1.54, 1.807) is 23.5 Å². The number of nitrogens with zero attached hydrogens (tertiary/aromatic N) is 2. The van der Waals surface area contributed by atoms with E-state index in [-0.39, 0.29) is 5.91 Å². The van der Waals surface area contributed by atoms with E-state index in [9.17, 15) is 4.79 Å². The SMILES string of the molecule is CC1=CC(Cc2csc(-c3ccccc3)n2)(C(=O)NCCOc2cccc(Cl)c2)C(C)=N1. The minimum Gasteiger partial charge on any atom is -0.492 e. The smallest absolute Gasteiger partial charge is 0.236 e. The number of amides is 1. The molecule has 7 heteroatoms. The van der Waals surface area contributed by atoms with Gasteiger partial charge in [-0.05, 0) is 38.1 Å². The zero-order valence-corrected chi connectivity index (χ0v) is 19.5. The Kier molecular flexibility index (Phi) is 6.72. The van der Waals surface area contributed by atoms with Gasteiger partial charge in [0.25, 0.3) is 0 Å². The highest BCUT2D eigenvalue weighted by Gasteiger charge is 2.43. The van der Waals surface area contributed by atoms with Gasteiger partial charge in [-0.15, -0.1) is 11.3 Å². The number of allylic oxidation sites excluding steroid dienone is 1. The Balaban J connectivity index is 1.45. The normalized spacial score (nSPS) is 17.6. The Morgan fingerprint density at radius 1 is 1.16 bits per heavy atom. The average molecular weight is 466 g/mol. The van der Waals surface area contributed by atoms with Gasteiger partial charge in [-0.3, -0.25) is 9.79 Å². The highest BCUT2D eigenvalue weighted by molar-refractivity contribution is 7.13. The first-order valence-electron chi connectivity index (χ1n) is 10.4. The zero-order valence-electron chi connectivity index (χ0n) is 18.0. The van der Waals surface area contributed by atoms with Crippen LogP contribution in [0.2, 0.25) is 5.02 Å². The van der Waals surface area contributed by atoms with Crippen LogP contribution in [0.15, 0.2) is 76.7 Å². The maximum absolute atomic E-state index is 13.3. The minimum absolute atomic E-state index is 0.0976. The van der Waals surface area contributed by atoms with Crippen LogP contribution >= 0.6 is 22.9 Å². The van der Waals surface area contributed by atoms with Gasteiger partial charge in [0.1, 0.15) is 22.8 Å². The maximum atomic E-state index is 13.3. The molecule has 0 radical (unpaired) electrons. The van der Waals surface area contributed by atoms with E-state index in [0.29, 0.717) is 30.3 Å². The fourth-order valence-electron chi connectivity index (χ4n) is 3.78. The summed E-state index contributed by atoms with van der Waals surface area (Å²) in [5, 5.41) is 6.59. The molecule has 0 saturated heterocycles. The molecule has 1 aromatic heterocycles. The lowest BCUT2D eigenvalue weighted by molar-refractivity contribution is -0.125. The van der Waals surface area contributed by atoms with E-state index >= 15 is 0 Å². The van der Waals surface area contributed by atoms with Crippen molar-refractivity contribution in [2.75, 3.05) is 13.2 Å². The van der Waals surface area contributed by atoms with Crippen LogP contribution in [0, 0.1) is 5.41 Å². The summed E-state index contributed by atoms with van der Waals surface area (Å²) in [5.74, 6) is 0.575. The summed E-state index contributed by atoms with van der Waals surface area (Å²) in [6, 6.07) is 17.3. The molecule has 2 aromatic carbocycles. The summed E-state index contributed by atoms with van der Waals surface area (Å²) in [4.78, 5) is 22.7. The molecule has 0 fully saturated rings. The van der Waals surface area contributed by atoms with Crippen LogP contribution < -0.4 is 10.1 Å². The summed E-state index contributed by atoms with van der Waals surface area (Å²) in [5.41, 5.74) is 2.72. The van der Waals surface area contributed by atoms with Gasteiger partial charge in [0.2, 0.25) is 5.91 Å². The second-order valence-corrected chi connectivity index (χ2v) is 9.00. The van der Waals surface area contributed by atoms with E-state index in [2.05, 4.69) is 10.3 Å². The summed E-state index contributed by atoms with van der Waals surface area (Å²) >= 11 is 7.57. The molecule has 0 aliphatic carbocycles. The number of carbonyl (C=O) groups excluding carboxylic acids is 1. The Morgan fingerprint density at radius 3 is 2.69 bits per heavy atom. The number of hydrogen-bond donors (Lipinski definition) is 1. The first-order chi connectivity index (χ1) is 15.5. The average Bonchev–Trinajstić information content (AvgIpc) is 3.36. The Morgan fingerprint density at radius 2 is 1.97 bits per heavy atom. The first-order valence-corrected chi connectivity index (χ1v) is 11.6. The monoisotopic (exact) mass is 465 g/mol. The standard InChI is InChI=1S/C25H24ClN3O2S/c1-17-14-25(18(2)28-17,15-21-16-32-23(29-21)19-7-4-3-5-8-19)24(30)27-11-12-31-22-10-6-9-20(26)13-22/h3-10,13-14,16H,11-12,15H2,1-2H3,(H,27,30). The van der Waals surface area contributed by atoms with Crippen molar-refractivity contribution in [1.29, 1.82) is 0 Å². The molecule has 1 aliphatic rings. The lowest BCUT2D eigenvalue weighted by Gasteiger charge is -2.26. The minimum atomic E-state index is -0.845. The number of aliphatic imine (C=N–C) groups is 1. The number of benzene rings is 2. The van der Waals surface area contributed by atoms with Crippen LogP contribution in [0.1, 0.15) is 19.5 Å². The Hall–Kier alpha value is -2.96. The van der Waals surface area contributed by atoms with Crippen molar-refractivity contribution in [3.05, 3.63) is 82.5 Å². The number of thiazole rings is 1. The molecule has 1 amide bonds. The van der Waals surface area contributed by atoms with Gasteiger partial charge in [0, 0.05) is 33.8 Å². The zero-order chi connectivity index (χ0) is 22.6.